The van der Waals surface area contributed by atoms with E-state index in [0.717, 1.165) is 23.0 Å². The lowest BCUT2D eigenvalue weighted by Crippen LogP contribution is -1.90. The summed E-state index contributed by atoms with van der Waals surface area (Å²) in [5.41, 5.74) is 2.29. The number of thiazole rings is 1. The molecule has 0 saturated carbocycles. The summed E-state index contributed by atoms with van der Waals surface area (Å²) in [5.74, 6) is 1.10. The summed E-state index contributed by atoms with van der Waals surface area (Å²) < 4.78 is 0. The van der Waals surface area contributed by atoms with Gasteiger partial charge in [-0.1, -0.05) is 37.8 Å². The van der Waals surface area contributed by atoms with Crippen molar-refractivity contribution in [2.45, 2.75) is 14.4 Å². The molecule has 0 spiro atoms. The van der Waals surface area contributed by atoms with E-state index < -0.39 is 0 Å². The van der Waals surface area contributed by atoms with Crippen molar-refractivity contribution in [1.82, 2.24) is 4.98 Å². The highest BCUT2D eigenvalue weighted by molar-refractivity contribution is 8.15. The minimum Gasteiger partial charge on any atom is -0.276 e. The van der Waals surface area contributed by atoms with Gasteiger partial charge in [0.15, 0.2) is 0 Å². The largest absolute Gasteiger partial charge is 0.276 e. The molecule has 0 unspecified atom stereocenters. The van der Waals surface area contributed by atoms with Crippen LogP contribution in [-0.2, 0) is 0 Å². The molecule has 0 N–H and O–H groups in total. The average molecular weight is 276 g/mol. The van der Waals surface area contributed by atoms with Crippen LogP contribution in [0.15, 0.2) is 35.3 Å². The first-order valence-corrected chi connectivity index (χ1v) is 7.35. The normalized spacial score (nSPS) is 14.2. The van der Waals surface area contributed by atoms with Gasteiger partial charge < -0.3 is 0 Å². The van der Waals surface area contributed by atoms with Crippen LogP contribution in [-0.4, -0.2) is 22.3 Å². The molecule has 0 saturated heterocycles. The standard InChI is InChI=1S/C13H12N2S2.CH4/c1-9-11(13-14-7-8-16-13)17-12(15-9)10-5-3-2-4-6-10;/h2-6H,7-8H2,1H3;1H4. The third-order valence-corrected chi connectivity index (χ3v) is 4.93. The van der Waals surface area contributed by atoms with Crippen molar-refractivity contribution >= 4 is 28.1 Å². The molecule has 1 aromatic carbocycles. The summed E-state index contributed by atoms with van der Waals surface area (Å²) in [6.45, 7) is 3.01. The van der Waals surface area contributed by atoms with Crippen molar-refractivity contribution in [2.75, 3.05) is 12.3 Å². The number of nitrogens with zero attached hydrogens (tertiary/aromatic N) is 2. The smallest absolute Gasteiger partial charge is 0.124 e. The summed E-state index contributed by atoms with van der Waals surface area (Å²) >= 11 is 3.59. The monoisotopic (exact) mass is 276 g/mol. The molecule has 3 rings (SSSR count). The summed E-state index contributed by atoms with van der Waals surface area (Å²) in [6, 6.07) is 10.3. The molecule has 94 valence electrons. The summed E-state index contributed by atoms with van der Waals surface area (Å²) in [5, 5.41) is 2.26. The minimum atomic E-state index is 0. The predicted octanol–water partition coefficient (Wildman–Crippen LogP) is 4.25. The Morgan fingerprint density at radius 1 is 1.17 bits per heavy atom. The maximum Gasteiger partial charge on any atom is 0.124 e. The van der Waals surface area contributed by atoms with Gasteiger partial charge in [-0.25, -0.2) is 4.98 Å². The van der Waals surface area contributed by atoms with Gasteiger partial charge in [0.25, 0.3) is 0 Å². The number of rotatable bonds is 2. The fourth-order valence-electron chi connectivity index (χ4n) is 1.77. The lowest BCUT2D eigenvalue weighted by Gasteiger charge is -1.94. The van der Waals surface area contributed by atoms with E-state index in [1.165, 1.54) is 15.5 Å². The Labute approximate surface area is 116 Å². The quantitative estimate of drug-likeness (QED) is 0.819. The number of thioether (sulfide) groups is 1. The molecule has 0 aliphatic carbocycles. The van der Waals surface area contributed by atoms with E-state index in [-0.39, 0.29) is 7.43 Å². The molecule has 0 fully saturated rings. The zero-order valence-electron chi connectivity index (χ0n) is 9.51. The van der Waals surface area contributed by atoms with Gasteiger partial charge in [0.05, 0.1) is 10.6 Å². The second-order valence-electron chi connectivity index (χ2n) is 3.83. The second kappa shape index (κ2) is 5.67. The Morgan fingerprint density at radius 2 is 1.94 bits per heavy atom. The van der Waals surface area contributed by atoms with Gasteiger partial charge in [0.1, 0.15) is 10.1 Å². The number of hydrogen-bond acceptors (Lipinski definition) is 4. The highest BCUT2D eigenvalue weighted by Crippen LogP contribution is 2.32. The molecule has 1 aliphatic rings. The van der Waals surface area contributed by atoms with Gasteiger partial charge in [-0.15, -0.1) is 23.1 Å². The minimum absolute atomic E-state index is 0. The van der Waals surface area contributed by atoms with Crippen molar-refractivity contribution in [3.63, 3.8) is 0 Å². The van der Waals surface area contributed by atoms with Gasteiger partial charge in [0, 0.05) is 17.9 Å². The van der Waals surface area contributed by atoms with Gasteiger partial charge in [-0.05, 0) is 6.92 Å². The van der Waals surface area contributed by atoms with Crippen molar-refractivity contribution in [1.29, 1.82) is 0 Å². The first kappa shape index (κ1) is 13.3. The zero-order chi connectivity index (χ0) is 11.7. The van der Waals surface area contributed by atoms with E-state index in [1.54, 1.807) is 11.3 Å². The third kappa shape index (κ3) is 2.49. The number of aliphatic imine (C=N–C) groups is 1. The SMILES string of the molecule is C.Cc1nc(-c2ccccc2)sc1C1=NCCS1. The van der Waals surface area contributed by atoms with E-state index >= 15 is 0 Å². The molecule has 4 heteroatoms. The van der Waals surface area contributed by atoms with E-state index in [9.17, 15) is 0 Å². The van der Waals surface area contributed by atoms with Crippen LogP contribution < -0.4 is 0 Å². The number of hydrogen-bond donors (Lipinski definition) is 0. The Bertz CT molecular complexity index is 558. The van der Waals surface area contributed by atoms with Crippen molar-refractivity contribution in [2.24, 2.45) is 4.99 Å². The van der Waals surface area contributed by atoms with Gasteiger partial charge in [-0.2, -0.15) is 0 Å². The Hall–Kier alpha value is -1.13. The highest BCUT2D eigenvalue weighted by Gasteiger charge is 2.17. The van der Waals surface area contributed by atoms with Crippen molar-refractivity contribution < 1.29 is 0 Å². The zero-order valence-corrected chi connectivity index (χ0v) is 11.1. The molecule has 1 aliphatic heterocycles. The van der Waals surface area contributed by atoms with E-state index in [1.807, 2.05) is 30.0 Å². The maximum absolute atomic E-state index is 4.65. The molecule has 2 nitrogen and oxygen atoms in total. The Morgan fingerprint density at radius 3 is 2.61 bits per heavy atom. The van der Waals surface area contributed by atoms with Crippen LogP contribution >= 0.6 is 23.1 Å². The van der Waals surface area contributed by atoms with Gasteiger partial charge in [-0.3, -0.25) is 4.99 Å². The predicted molar refractivity (Wildman–Crippen MR) is 82.9 cm³/mol. The Balaban J connectivity index is 0.00000120. The topological polar surface area (TPSA) is 25.2 Å². The molecule has 0 radical (unpaired) electrons. The van der Waals surface area contributed by atoms with Crippen molar-refractivity contribution in [3.8, 4) is 10.6 Å². The molecule has 2 heterocycles. The maximum atomic E-state index is 4.65. The van der Waals surface area contributed by atoms with Crippen molar-refractivity contribution in [3.05, 3.63) is 40.9 Å². The molecule has 18 heavy (non-hydrogen) atoms. The lowest BCUT2D eigenvalue weighted by molar-refractivity contribution is 1.17. The van der Waals surface area contributed by atoms with Crippen LogP contribution in [0.3, 0.4) is 0 Å². The summed E-state index contributed by atoms with van der Waals surface area (Å²) in [6.07, 6.45) is 0. The molecular weight excluding hydrogens is 260 g/mol. The molecule has 2 aromatic rings. The second-order valence-corrected chi connectivity index (χ2v) is 5.92. The fourth-order valence-corrected chi connectivity index (χ4v) is 3.89. The molecule has 0 atom stereocenters. The summed E-state index contributed by atoms with van der Waals surface area (Å²) in [7, 11) is 0. The number of benzene rings is 1. The van der Waals surface area contributed by atoms with E-state index in [2.05, 4.69) is 29.0 Å². The van der Waals surface area contributed by atoms with E-state index in [0.29, 0.717) is 0 Å². The van der Waals surface area contributed by atoms with Crippen LogP contribution in [0.1, 0.15) is 18.0 Å². The average Bonchev–Trinajstić information content (AvgIpc) is 2.99. The highest BCUT2D eigenvalue weighted by atomic mass is 32.2. The molecule has 0 amide bonds. The number of aromatic nitrogens is 1. The molecule has 0 bridgehead atoms. The Kier molecular flexibility index (Phi) is 4.19. The van der Waals surface area contributed by atoms with Crippen LogP contribution in [0.5, 0.6) is 0 Å². The van der Waals surface area contributed by atoms with Gasteiger partial charge >= 0.3 is 0 Å². The molecular formula is C14H16N2S2. The van der Waals surface area contributed by atoms with E-state index in [4.69, 9.17) is 0 Å². The number of aryl methyl sites for hydroxylation is 1. The third-order valence-electron chi connectivity index (χ3n) is 2.60. The van der Waals surface area contributed by atoms with Crippen LogP contribution in [0.25, 0.3) is 10.6 Å². The van der Waals surface area contributed by atoms with Gasteiger partial charge in [0.2, 0.25) is 0 Å². The first-order chi connectivity index (χ1) is 8.34. The first-order valence-electron chi connectivity index (χ1n) is 5.55. The molecule has 1 aromatic heterocycles. The van der Waals surface area contributed by atoms with Crippen LogP contribution in [0, 0.1) is 6.92 Å². The lowest BCUT2D eigenvalue weighted by atomic mass is 10.2. The summed E-state index contributed by atoms with van der Waals surface area (Å²) in [4.78, 5) is 10.4. The van der Waals surface area contributed by atoms with Crippen LogP contribution in [0.2, 0.25) is 0 Å². The van der Waals surface area contributed by atoms with Crippen LogP contribution in [0.4, 0.5) is 0 Å². The fraction of sp³-hybridized carbons (Fsp3) is 0.286.